The third-order valence-electron chi connectivity index (χ3n) is 2.92. The lowest BCUT2D eigenvalue weighted by Gasteiger charge is -2.05. The van der Waals surface area contributed by atoms with Crippen LogP contribution in [0.1, 0.15) is 5.69 Å². The molecule has 0 bridgehead atoms. The second kappa shape index (κ2) is 5.79. The molecule has 0 atom stereocenters. The molecule has 2 heterocycles. The number of phenols is 1. The summed E-state index contributed by atoms with van der Waals surface area (Å²) in [6.07, 6.45) is 1.55. The smallest absolute Gasteiger partial charge is 0.258 e. The zero-order chi connectivity index (χ0) is 14.8. The number of thioether (sulfide) groups is 1. The van der Waals surface area contributed by atoms with Crippen molar-refractivity contribution < 1.29 is 5.11 Å². The van der Waals surface area contributed by atoms with Gasteiger partial charge in [-0.3, -0.25) is 9.20 Å². The largest absolute Gasteiger partial charge is 0.507 e. The number of rotatable bonds is 3. The molecule has 3 rings (SSSR count). The molecular formula is C15H11ClN2O2S. The minimum absolute atomic E-state index is 0.171. The molecule has 3 aromatic rings. The third-order valence-corrected chi connectivity index (χ3v) is 4.24. The van der Waals surface area contributed by atoms with Crippen molar-refractivity contribution in [2.75, 3.05) is 0 Å². The maximum atomic E-state index is 12.0. The molecule has 0 aliphatic heterocycles. The Hall–Kier alpha value is -1.98. The van der Waals surface area contributed by atoms with Crippen LogP contribution in [0.4, 0.5) is 0 Å². The van der Waals surface area contributed by atoms with Crippen LogP contribution in [0.3, 0.4) is 0 Å². The average Bonchev–Trinajstić information content (AvgIpc) is 2.47. The number of benzene rings is 1. The maximum absolute atomic E-state index is 12.0. The number of halogens is 1. The molecule has 0 aliphatic rings. The normalized spacial score (nSPS) is 10.9. The van der Waals surface area contributed by atoms with Crippen molar-refractivity contribution in [2.24, 2.45) is 0 Å². The first-order valence-corrected chi connectivity index (χ1v) is 7.58. The first-order valence-electron chi connectivity index (χ1n) is 6.22. The molecule has 1 N–H and O–H groups in total. The summed E-state index contributed by atoms with van der Waals surface area (Å²) in [5.74, 6) is 0.734. The summed E-state index contributed by atoms with van der Waals surface area (Å²) in [6, 6.07) is 12.0. The number of para-hydroxylation sites is 1. The van der Waals surface area contributed by atoms with E-state index in [-0.39, 0.29) is 11.3 Å². The summed E-state index contributed by atoms with van der Waals surface area (Å²) in [7, 11) is 0. The lowest BCUT2D eigenvalue weighted by molar-refractivity contribution is 0.462. The Morgan fingerprint density at radius 3 is 2.86 bits per heavy atom. The zero-order valence-electron chi connectivity index (χ0n) is 10.9. The van der Waals surface area contributed by atoms with Crippen molar-refractivity contribution in [3.63, 3.8) is 0 Å². The highest BCUT2D eigenvalue weighted by Crippen LogP contribution is 2.29. The van der Waals surface area contributed by atoms with Crippen LogP contribution in [0.15, 0.2) is 58.4 Å². The highest BCUT2D eigenvalue weighted by Gasteiger charge is 2.06. The Morgan fingerprint density at radius 2 is 2.05 bits per heavy atom. The van der Waals surface area contributed by atoms with Gasteiger partial charge in [0.25, 0.3) is 5.56 Å². The van der Waals surface area contributed by atoms with Gasteiger partial charge in [-0.15, -0.1) is 11.8 Å². The number of hydrogen-bond donors (Lipinski definition) is 1. The van der Waals surface area contributed by atoms with Crippen LogP contribution in [0, 0.1) is 0 Å². The van der Waals surface area contributed by atoms with Gasteiger partial charge in [0.2, 0.25) is 0 Å². The molecule has 2 aromatic heterocycles. The average molecular weight is 319 g/mol. The molecule has 0 unspecified atom stereocenters. The molecule has 1 aromatic carbocycles. The van der Waals surface area contributed by atoms with E-state index in [9.17, 15) is 9.90 Å². The van der Waals surface area contributed by atoms with Crippen molar-refractivity contribution in [3.05, 3.63) is 69.7 Å². The summed E-state index contributed by atoms with van der Waals surface area (Å²) >= 11 is 7.30. The Kier molecular flexibility index (Phi) is 3.86. The van der Waals surface area contributed by atoms with Gasteiger partial charge >= 0.3 is 0 Å². The molecule has 106 valence electrons. The number of fused-ring (bicyclic) bond motifs is 1. The fraction of sp³-hybridized carbons (Fsp3) is 0.0667. The van der Waals surface area contributed by atoms with E-state index in [4.69, 9.17) is 11.6 Å². The zero-order valence-corrected chi connectivity index (χ0v) is 12.4. The maximum Gasteiger partial charge on any atom is 0.258 e. The fourth-order valence-corrected chi connectivity index (χ4v) is 2.93. The molecule has 0 spiro atoms. The monoisotopic (exact) mass is 318 g/mol. The first-order chi connectivity index (χ1) is 10.1. The summed E-state index contributed by atoms with van der Waals surface area (Å²) in [5.41, 5.74) is 1.05. The van der Waals surface area contributed by atoms with E-state index in [1.807, 2.05) is 12.1 Å². The van der Waals surface area contributed by atoms with Crippen molar-refractivity contribution in [1.29, 1.82) is 0 Å². The van der Waals surface area contributed by atoms with Gasteiger partial charge in [-0.05, 0) is 24.3 Å². The minimum atomic E-state index is -0.171. The van der Waals surface area contributed by atoms with Crippen LogP contribution in [-0.2, 0) is 5.75 Å². The van der Waals surface area contributed by atoms with Gasteiger partial charge < -0.3 is 5.11 Å². The van der Waals surface area contributed by atoms with E-state index in [1.54, 1.807) is 30.5 Å². The Morgan fingerprint density at radius 1 is 1.24 bits per heavy atom. The standard InChI is InChI=1S/C15H11ClN2O2S/c16-10-5-6-14-17-11(7-15(20)18(14)8-10)9-21-13-4-2-1-3-12(13)19/h1-8,19H,9H2. The van der Waals surface area contributed by atoms with E-state index in [2.05, 4.69) is 4.98 Å². The third kappa shape index (κ3) is 3.04. The predicted octanol–water partition coefficient (Wildman–Crippen LogP) is 3.35. The lowest BCUT2D eigenvalue weighted by Crippen LogP contribution is -2.14. The quantitative estimate of drug-likeness (QED) is 0.752. The number of phenolic OH excluding ortho intramolecular Hbond substituents is 1. The van der Waals surface area contributed by atoms with Gasteiger partial charge in [-0.2, -0.15) is 0 Å². The summed E-state index contributed by atoms with van der Waals surface area (Å²) in [6.45, 7) is 0. The first kappa shape index (κ1) is 14.0. The molecule has 0 fully saturated rings. The van der Waals surface area contributed by atoms with Crippen molar-refractivity contribution in [3.8, 4) is 5.75 Å². The second-order valence-corrected chi connectivity index (χ2v) is 5.87. The Bertz CT molecular complexity index is 864. The number of nitrogens with zero attached hydrogens (tertiary/aromatic N) is 2. The van der Waals surface area contributed by atoms with Crippen LogP contribution in [0.2, 0.25) is 5.02 Å². The topological polar surface area (TPSA) is 54.6 Å². The number of aromatic nitrogens is 2. The minimum Gasteiger partial charge on any atom is -0.507 e. The molecule has 0 saturated heterocycles. The predicted molar refractivity (Wildman–Crippen MR) is 84.1 cm³/mol. The van der Waals surface area contributed by atoms with E-state index in [0.29, 0.717) is 22.1 Å². The molecule has 0 aliphatic carbocycles. The Labute approximate surface area is 130 Å². The molecular weight excluding hydrogens is 308 g/mol. The Balaban J connectivity index is 1.90. The van der Waals surface area contributed by atoms with Crippen LogP contribution in [-0.4, -0.2) is 14.5 Å². The van der Waals surface area contributed by atoms with Crippen molar-refractivity contribution >= 4 is 29.0 Å². The van der Waals surface area contributed by atoms with Crippen molar-refractivity contribution in [1.82, 2.24) is 9.38 Å². The molecule has 0 saturated carbocycles. The lowest BCUT2D eigenvalue weighted by atomic mass is 10.3. The van der Waals surface area contributed by atoms with Gasteiger partial charge in [-0.1, -0.05) is 23.7 Å². The highest BCUT2D eigenvalue weighted by atomic mass is 35.5. The SMILES string of the molecule is O=c1cc(CSc2ccccc2O)nc2ccc(Cl)cn12. The molecule has 0 radical (unpaired) electrons. The number of aromatic hydroxyl groups is 1. The number of hydrogen-bond acceptors (Lipinski definition) is 4. The molecule has 21 heavy (non-hydrogen) atoms. The van der Waals surface area contributed by atoms with Gasteiger partial charge in [0.05, 0.1) is 10.7 Å². The number of pyridine rings is 1. The molecule has 4 nitrogen and oxygen atoms in total. The summed E-state index contributed by atoms with van der Waals surface area (Å²) in [4.78, 5) is 17.2. The second-order valence-electron chi connectivity index (χ2n) is 4.42. The fourth-order valence-electron chi connectivity index (χ4n) is 1.93. The molecule has 0 amide bonds. The van der Waals surface area contributed by atoms with Gasteiger partial charge in [0.1, 0.15) is 11.4 Å². The van der Waals surface area contributed by atoms with E-state index >= 15 is 0 Å². The van der Waals surface area contributed by atoms with Crippen LogP contribution in [0.25, 0.3) is 5.65 Å². The van der Waals surface area contributed by atoms with Gasteiger partial charge in [0, 0.05) is 22.9 Å². The summed E-state index contributed by atoms with van der Waals surface area (Å²) < 4.78 is 1.41. The van der Waals surface area contributed by atoms with Crippen molar-refractivity contribution in [2.45, 2.75) is 10.6 Å². The van der Waals surface area contributed by atoms with E-state index in [0.717, 1.165) is 4.90 Å². The highest BCUT2D eigenvalue weighted by molar-refractivity contribution is 7.98. The van der Waals surface area contributed by atoms with E-state index in [1.165, 1.54) is 22.2 Å². The summed E-state index contributed by atoms with van der Waals surface area (Å²) in [5, 5.41) is 10.2. The molecule has 6 heteroatoms. The van der Waals surface area contributed by atoms with Gasteiger partial charge in [0.15, 0.2) is 0 Å². The van der Waals surface area contributed by atoms with E-state index < -0.39 is 0 Å². The van der Waals surface area contributed by atoms with Gasteiger partial charge in [-0.25, -0.2) is 4.98 Å². The van der Waals surface area contributed by atoms with Crippen LogP contribution >= 0.6 is 23.4 Å². The van der Waals surface area contributed by atoms with Crippen LogP contribution in [0.5, 0.6) is 5.75 Å². The van der Waals surface area contributed by atoms with Crippen LogP contribution < -0.4 is 5.56 Å².